The molecule has 1 heterocycles. The molecule has 0 atom stereocenters. The van der Waals surface area contributed by atoms with E-state index in [4.69, 9.17) is 0 Å². The fourth-order valence-corrected chi connectivity index (χ4v) is 1.23. The molecular weight excluding hydrogens is 197 g/mol. The number of rotatable bonds is 3. The summed E-state index contributed by atoms with van der Waals surface area (Å²) in [5.74, 6) is 0.147. The number of hydrogen-bond donors (Lipinski definition) is 2. The van der Waals surface area contributed by atoms with E-state index in [1.54, 1.807) is 18.2 Å². The van der Waals surface area contributed by atoms with Crippen molar-refractivity contribution < 1.29 is 9.18 Å². The molecule has 0 aliphatic heterocycles. The van der Waals surface area contributed by atoms with Crippen molar-refractivity contribution in [1.29, 1.82) is 0 Å². The number of aromatic amines is 1. The van der Waals surface area contributed by atoms with Crippen molar-refractivity contribution >= 4 is 12.2 Å². The molecule has 2 rings (SSSR count). The second-order valence-electron chi connectivity index (χ2n) is 2.94. The van der Waals surface area contributed by atoms with Crippen molar-refractivity contribution in [1.82, 2.24) is 10.2 Å². The number of nitrogens with zero attached hydrogens (tertiary/aromatic N) is 1. The highest BCUT2D eigenvalue weighted by molar-refractivity contribution is 5.72. The molecule has 76 valence electrons. The van der Waals surface area contributed by atoms with E-state index in [0.717, 1.165) is 11.3 Å². The highest BCUT2D eigenvalue weighted by atomic mass is 19.1. The van der Waals surface area contributed by atoms with Crippen LogP contribution in [0.15, 0.2) is 30.3 Å². The zero-order chi connectivity index (χ0) is 10.7. The predicted octanol–water partition coefficient (Wildman–Crippen LogP) is 1.78. The summed E-state index contributed by atoms with van der Waals surface area (Å²) in [5.41, 5.74) is 1.53. The van der Waals surface area contributed by atoms with Crippen LogP contribution in [0, 0.1) is 5.82 Å². The quantitative estimate of drug-likeness (QED) is 0.750. The zero-order valence-corrected chi connectivity index (χ0v) is 7.70. The van der Waals surface area contributed by atoms with Crippen molar-refractivity contribution in [2.45, 2.75) is 0 Å². The lowest BCUT2D eigenvalue weighted by Crippen LogP contribution is -1.92. The molecule has 0 radical (unpaired) electrons. The van der Waals surface area contributed by atoms with Gasteiger partial charge in [0.25, 0.3) is 0 Å². The van der Waals surface area contributed by atoms with Crippen LogP contribution in [0.2, 0.25) is 0 Å². The molecule has 0 aliphatic carbocycles. The number of aromatic nitrogens is 2. The van der Waals surface area contributed by atoms with Crippen LogP contribution in [-0.2, 0) is 4.79 Å². The number of H-pyrrole nitrogens is 1. The maximum Gasteiger partial charge on any atom is 0.212 e. The first kappa shape index (κ1) is 9.39. The summed E-state index contributed by atoms with van der Waals surface area (Å²) in [6.45, 7) is 0. The molecule has 4 nitrogen and oxygen atoms in total. The minimum absolute atomic E-state index is 0.287. The lowest BCUT2D eigenvalue weighted by Gasteiger charge is -1.95. The van der Waals surface area contributed by atoms with Gasteiger partial charge >= 0.3 is 0 Å². The summed E-state index contributed by atoms with van der Waals surface area (Å²) in [6, 6.07) is 7.66. The third-order valence-electron chi connectivity index (χ3n) is 1.94. The Labute approximate surface area is 85.1 Å². The van der Waals surface area contributed by atoms with Crippen LogP contribution < -0.4 is 5.32 Å². The first-order valence-corrected chi connectivity index (χ1v) is 4.31. The smallest absolute Gasteiger partial charge is 0.212 e. The maximum atomic E-state index is 12.6. The Morgan fingerprint density at radius 2 is 2.07 bits per heavy atom. The van der Waals surface area contributed by atoms with E-state index in [2.05, 4.69) is 15.5 Å². The summed E-state index contributed by atoms with van der Waals surface area (Å²) in [5, 5.41) is 8.99. The summed E-state index contributed by atoms with van der Waals surface area (Å²) >= 11 is 0. The second-order valence-corrected chi connectivity index (χ2v) is 2.94. The van der Waals surface area contributed by atoms with E-state index in [-0.39, 0.29) is 5.82 Å². The van der Waals surface area contributed by atoms with Gasteiger partial charge in [-0.05, 0) is 29.8 Å². The Balaban J connectivity index is 2.28. The molecule has 2 aromatic rings. The van der Waals surface area contributed by atoms with Crippen LogP contribution in [0.5, 0.6) is 0 Å². The van der Waals surface area contributed by atoms with Crippen LogP contribution in [0.25, 0.3) is 11.3 Å². The zero-order valence-electron chi connectivity index (χ0n) is 7.70. The van der Waals surface area contributed by atoms with Crippen molar-refractivity contribution in [2.75, 3.05) is 5.32 Å². The largest absolute Gasteiger partial charge is 0.312 e. The number of carbonyl (C=O) groups is 1. The maximum absolute atomic E-state index is 12.6. The summed E-state index contributed by atoms with van der Waals surface area (Å²) in [6.07, 6.45) is 0.546. The molecule has 15 heavy (non-hydrogen) atoms. The van der Waals surface area contributed by atoms with E-state index >= 15 is 0 Å². The fraction of sp³-hybridized carbons (Fsp3) is 0. The Morgan fingerprint density at radius 3 is 2.73 bits per heavy atom. The molecule has 0 bridgehead atoms. The lowest BCUT2D eigenvalue weighted by atomic mass is 10.1. The Hall–Kier alpha value is -2.17. The van der Waals surface area contributed by atoms with Crippen molar-refractivity contribution in [3.8, 4) is 11.3 Å². The molecule has 0 aliphatic rings. The molecular formula is C10H8FN3O. The van der Waals surface area contributed by atoms with Gasteiger partial charge < -0.3 is 5.32 Å². The van der Waals surface area contributed by atoms with Gasteiger partial charge in [0.1, 0.15) is 5.82 Å². The minimum atomic E-state index is -0.287. The Morgan fingerprint density at radius 1 is 1.33 bits per heavy atom. The van der Waals surface area contributed by atoms with Crippen molar-refractivity contribution in [2.24, 2.45) is 0 Å². The van der Waals surface area contributed by atoms with E-state index in [1.807, 2.05) is 0 Å². The van der Waals surface area contributed by atoms with Crippen LogP contribution in [0.4, 0.5) is 10.2 Å². The molecule has 0 fully saturated rings. The number of hydrogen-bond acceptors (Lipinski definition) is 2. The highest BCUT2D eigenvalue weighted by Gasteiger charge is 2.02. The number of carbonyl (C=O) groups excluding carboxylic acids is 1. The third kappa shape index (κ3) is 2.01. The van der Waals surface area contributed by atoms with Crippen LogP contribution in [-0.4, -0.2) is 16.6 Å². The molecule has 0 unspecified atom stereocenters. The monoisotopic (exact) mass is 205 g/mol. The molecule has 1 aromatic heterocycles. The van der Waals surface area contributed by atoms with Crippen LogP contribution in [0.3, 0.4) is 0 Å². The standard InChI is InChI=1S/C10H8FN3O/c11-8-3-1-7(2-4-8)9-5-10(12-6-15)14-13-9/h1-6H,(H2,12,13,14,15). The first-order valence-electron chi connectivity index (χ1n) is 4.31. The SMILES string of the molecule is O=CNc1cc(-c2ccc(F)cc2)[nH]n1. The van der Waals surface area contributed by atoms with Crippen LogP contribution >= 0.6 is 0 Å². The van der Waals surface area contributed by atoms with Crippen molar-refractivity contribution in [3.63, 3.8) is 0 Å². The molecule has 1 aromatic carbocycles. The van der Waals surface area contributed by atoms with Gasteiger partial charge in [-0.15, -0.1) is 0 Å². The molecule has 2 N–H and O–H groups in total. The van der Waals surface area contributed by atoms with Gasteiger partial charge in [-0.3, -0.25) is 9.89 Å². The molecule has 5 heteroatoms. The minimum Gasteiger partial charge on any atom is -0.312 e. The van der Waals surface area contributed by atoms with E-state index < -0.39 is 0 Å². The first-order chi connectivity index (χ1) is 7.29. The molecule has 0 spiro atoms. The number of nitrogens with one attached hydrogen (secondary N) is 2. The summed E-state index contributed by atoms with van der Waals surface area (Å²) in [4.78, 5) is 10.2. The van der Waals surface area contributed by atoms with E-state index in [9.17, 15) is 9.18 Å². The Kier molecular flexibility index (Phi) is 2.45. The summed E-state index contributed by atoms with van der Waals surface area (Å²) < 4.78 is 12.6. The van der Waals surface area contributed by atoms with Crippen LogP contribution in [0.1, 0.15) is 0 Å². The van der Waals surface area contributed by atoms with Gasteiger partial charge in [-0.25, -0.2) is 4.39 Å². The van der Waals surface area contributed by atoms with Gasteiger partial charge in [-0.1, -0.05) is 0 Å². The van der Waals surface area contributed by atoms with Gasteiger partial charge in [0, 0.05) is 6.07 Å². The average molecular weight is 205 g/mol. The molecule has 0 saturated heterocycles. The third-order valence-corrected chi connectivity index (χ3v) is 1.94. The topological polar surface area (TPSA) is 57.8 Å². The summed E-state index contributed by atoms with van der Waals surface area (Å²) in [7, 11) is 0. The normalized spacial score (nSPS) is 9.93. The average Bonchev–Trinajstić information content (AvgIpc) is 2.68. The Bertz CT molecular complexity index is 464. The number of amides is 1. The molecule has 0 saturated carbocycles. The lowest BCUT2D eigenvalue weighted by molar-refractivity contribution is -0.105. The van der Waals surface area contributed by atoms with Gasteiger partial charge in [-0.2, -0.15) is 5.10 Å². The second kappa shape index (κ2) is 3.91. The highest BCUT2D eigenvalue weighted by Crippen LogP contribution is 2.19. The number of anilines is 1. The molecule has 1 amide bonds. The fourth-order valence-electron chi connectivity index (χ4n) is 1.23. The van der Waals surface area contributed by atoms with Gasteiger partial charge in [0.05, 0.1) is 5.69 Å². The van der Waals surface area contributed by atoms with E-state index in [0.29, 0.717) is 12.2 Å². The van der Waals surface area contributed by atoms with Gasteiger partial charge in [0.15, 0.2) is 5.82 Å². The predicted molar refractivity (Wildman–Crippen MR) is 53.7 cm³/mol. The number of halogens is 1. The van der Waals surface area contributed by atoms with E-state index in [1.165, 1.54) is 12.1 Å². The number of benzene rings is 1. The van der Waals surface area contributed by atoms with Gasteiger partial charge in [0.2, 0.25) is 6.41 Å². The van der Waals surface area contributed by atoms with Crippen molar-refractivity contribution in [3.05, 3.63) is 36.1 Å².